The summed E-state index contributed by atoms with van der Waals surface area (Å²) >= 11 is 8.18. The first kappa shape index (κ1) is 22.4. The van der Waals surface area contributed by atoms with Crippen molar-refractivity contribution in [2.45, 2.75) is 54.7 Å². The predicted octanol–water partition coefficient (Wildman–Crippen LogP) is 4.72. The number of aromatic amines is 1. The number of hydrogen-bond donors (Lipinski definition) is 1. The number of halogens is 1. The van der Waals surface area contributed by atoms with Crippen molar-refractivity contribution in [1.29, 1.82) is 0 Å². The average molecular weight is 502 g/mol. The van der Waals surface area contributed by atoms with Crippen molar-refractivity contribution in [3.63, 3.8) is 0 Å². The zero-order valence-electron chi connectivity index (χ0n) is 19.1. The molecule has 3 saturated heterocycles. The highest BCUT2D eigenvalue weighted by molar-refractivity contribution is 7.99. The van der Waals surface area contributed by atoms with Gasteiger partial charge in [0, 0.05) is 24.4 Å². The first-order valence-corrected chi connectivity index (χ1v) is 13.1. The number of benzene rings is 1. The Morgan fingerprint density at radius 2 is 2.12 bits per heavy atom. The molecule has 6 rings (SSSR count). The predicted molar refractivity (Wildman–Crippen MR) is 131 cm³/mol. The van der Waals surface area contributed by atoms with Crippen LogP contribution >= 0.6 is 23.4 Å². The zero-order chi connectivity index (χ0) is 23.1. The SMILES string of the molecule is C[C@H]1CC2(CCN(c3cnc(Sc4ccc5[nH]c(OC6CCOC6)nc5c4Cl)cn3)CC2)CO1. The first-order valence-electron chi connectivity index (χ1n) is 11.9. The summed E-state index contributed by atoms with van der Waals surface area (Å²) in [5, 5.41) is 1.38. The number of hydrogen-bond acceptors (Lipinski definition) is 8. The Labute approximate surface area is 207 Å². The number of anilines is 1. The van der Waals surface area contributed by atoms with E-state index in [0.717, 1.165) is 66.8 Å². The van der Waals surface area contributed by atoms with Crippen molar-refractivity contribution in [2.75, 3.05) is 37.8 Å². The molecule has 5 heterocycles. The minimum Gasteiger partial charge on any atom is -0.459 e. The van der Waals surface area contributed by atoms with E-state index in [1.54, 1.807) is 0 Å². The molecule has 3 fully saturated rings. The van der Waals surface area contributed by atoms with Crippen molar-refractivity contribution in [2.24, 2.45) is 5.41 Å². The Morgan fingerprint density at radius 3 is 2.82 bits per heavy atom. The lowest BCUT2D eigenvalue weighted by Crippen LogP contribution is -2.41. The van der Waals surface area contributed by atoms with Crippen LogP contribution in [0.1, 0.15) is 32.6 Å². The smallest absolute Gasteiger partial charge is 0.295 e. The van der Waals surface area contributed by atoms with E-state index in [9.17, 15) is 0 Å². The van der Waals surface area contributed by atoms with E-state index in [4.69, 9.17) is 30.8 Å². The van der Waals surface area contributed by atoms with E-state index < -0.39 is 0 Å². The number of aromatic nitrogens is 4. The molecule has 34 heavy (non-hydrogen) atoms. The summed E-state index contributed by atoms with van der Waals surface area (Å²) in [6, 6.07) is 4.41. The van der Waals surface area contributed by atoms with E-state index in [-0.39, 0.29) is 6.10 Å². The fraction of sp³-hybridized carbons (Fsp3) is 0.542. The summed E-state index contributed by atoms with van der Waals surface area (Å²) in [4.78, 5) is 20.3. The number of nitrogens with one attached hydrogen (secondary N) is 1. The zero-order valence-corrected chi connectivity index (χ0v) is 20.7. The molecule has 0 amide bonds. The molecule has 3 aliphatic heterocycles. The van der Waals surface area contributed by atoms with Gasteiger partial charge >= 0.3 is 0 Å². The van der Waals surface area contributed by atoms with Crippen molar-refractivity contribution in [3.05, 3.63) is 29.5 Å². The Hall–Kier alpha value is -2.07. The highest BCUT2D eigenvalue weighted by atomic mass is 35.5. The van der Waals surface area contributed by atoms with Crippen molar-refractivity contribution in [1.82, 2.24) is 19.9 Å². The largest absolute Gasteiger partial charge is 0.459 e. The third kappa shape index (κ3) is 4.46. The van der Waals surface area contributed by atoms with Crippen LogP contribution < -0.4 is 9.64 Å². The van der Waals surface area contributed by atoms with Gasteiger partial charge in [-0.25, -0.2) is 9.97 Å². The molecule has 0 aliphatic carbocycles. The van der Waals surface area contributed by atoms with Gasteiger partial charge in [0.2, 0.25) is 0 Å². The number of ether oxygens (including phenoxy) is 3. The summed E-state index contributed by atoms with van der Waals surface area (Å²) in [6.45, 7) is 6.38. The summed E-state index contributed by atoms with van der Waals surface area (Å²) in [5.41, 5.74) is 1.89. The molecule has 1 unspecified atom stereocenters. The molecule has 1 aromatic carbocycles. The maximum absolute atomic E-state index is 6.69. The topological polar surface area (TPSA) is 85.4 Å². The van der Waals surface area contributed by atoms with Crippen LogP contribution in [0.5, 0.6) is 6.01 Å². The third-order valence-corrected chi connectivity index (χ3v) is 8.55. The van der Waals surface area contributed by atoms with E-state index in [0.29, 0.717) is 34.7 Å². The normalized spacial score (nSPS) is 24.4. The maximum Gasteiger partial charge on any atom is 0.295 e. The van der Waals surface area contributed by atoms with Crippen LogP contribution in [0.3, 0.4) is 0 Å². The number of rotatable bonds is 5. The summed E-state index contributed by atoms with van der Waals surface area (Å²) in [5.74, 6) is 0.928. The molecule has 10 heteroatoms. The van der Waals surface area contributed by atoms with Gasteiger partial charge in [0.1, 0.15) is 22.5 Å². The van der Waals surface area contributed by atoms with Gasteiger partial charge in [-0.2, -0.15) is 4.98 Å². The monoisotopic (exact) mass is 501 g/mol. The molecule has 0 bridgehead atoms. The second-order valence-corrected chi connectivity index (χ2v) is 11.0. The van der Waals surface area contributed by atoms with Gasteiger partial charge < -0.3 is 24.1 Å². The highest BCUT2D eigenvalue weighted by Crippen LogP contribution is 2.42. The van der Waals surface area contributed by atoms with Crippen LogP contribution in [0.4, 0.5) is 5.82 Å². The standard InChI is InChI=1S/C24H28ClN5O3S/c1-15-10-24(14-32-15)5-7-30(8-6-24)19-11-27-20(12-26-19)34-18-3-2-17-22(21(18)25)29-23(28-17)33-16-4-9-31-13-16/h2-3,11-12,15-16H,4-10,13-14H2,1H3,(H,28,29)/t15-,16?/m0/s1. The van der Waals surface area contributed by atoms with Crippen LogP contribution in [0.25, 0.3) is 11.0 Å². The van der Waals surface area contributed by atoms with E-state index >= 15 is 0 Å². The quantitative estimate of drug-likeness (QED) is 0.537. The average Bonchev–Trinajstić information content (AvgIpc) is 3.58. The lowest BCUT2D eigenvalue weighted by molar-refractivity contribution is 0.0976. The van der Waals surface area contributed by atoms with Crippen LogP contribution in [0.15, 0.2) is 34.4 Å². The number of H-pyrrole nitrogens is 1. The molecule has 180 valence electrons. The van der Waals surface area contributed by atoms with Crippen LogP contribution in [-0.4, -0.2) is 65.1 Å². The van der Waals surface area contributed by atoms with Gasteiger partial charge in [-0.05, 0) is 43.7 Å². The lowest BCUT2D eigenvalue weighted by atomic mass is 9.77. The third-order valence-electron chi connectivity index (χ3n) is 7.07. The van der Waals surface area contributed by atoms with Gasteiger partial charge in [-0.3, -0.25) is 0 Å². The fourth-order valence-electron chi connectivity index (χ4n) is 5.14. The van der Waals surface area contributed by atoms with Gasteiger partial charge in [0.05, 0.1) is 48.9 Å². The van der Waals surface area contributed by atoms with Crippen LogP contribution in [0, 0.1) is 5.41 Å². The van der Waals surface area contributed by atoms with E-state index in [1.165, 1.54) is 18.2 Å². The molecular weight excluding hydrogens is 474 g/mol. The van der Waals surface area contributed by atoms with E-state index in [1.807, 2.05) is 24.5 Å². The second-order valence-electron chi connectivity index (χ2n) is 9.55. The minimum atomic E-state index is 0.0301. The second kappa shape index (κ2) is 9.18. The molecule has 3 aliphatic rings. The summed E-state index contributed by atoms with van der Waals surface area (Å²) < 4.78 is 17.1. The van der Waals surface area contributed by atoms with Gasteiger partial charge in [0.25, 0.3) is 6.01 Å². The van der Waals surface area contributed by atoms with Crippen LogP contribution in [-0.2, 0) is 9.47 Å². The van der Waals surface area contributed by atoms with Gasteiger partial charge in [0.15, 0.2) is 0 Å². The number of fused-ring (bicyclic) bond motifs is 1. The van der Waals surface area contributed by atoms with Gasteiger partial charge in [-0.1, -0.05) is 23.4 Å². The molecule has 0 saturated carbocycles. The molecule has 0 radical (unpaired) electrons. The molecule has 1 spiro atoms. The van der Waals surface area contributed by atoms with Crippen molar-refractivity contribution < 1.29 is 14.2 Å². The first-order chi connectivity index (χ1) is 16.6. The maximum atomic E-state index is 6.69. The van der Waals surface area contributed by atoms with Crippen LogP contribution in [0.2, 0.25) is 5.02 Å². The van der Waals surface area contributed by atoms with Crippen molar-refractivity contribution in [3.8, 4) is 6.01 Å². The summed E-state index contributed by atoms with van der Waals surface area (Å²) in [6.07, 6.45) is 8.44. The molecule has 8 nitrogen and oxygen atoms in total. The molecule has 2 atom stereocenters. The molecular formula is C24H28ClN5O3S. The molecule has 2 aromatic heterocycles. The summed E-state index contributed by atoms with van der Waals surface area (Å²) in [7, 11) is 0. The fourth-order valence-corrected chi connectivity index (χ4v) is 6.22. The Bertz CT molecular complexity index is 1160. The number of nitrogens with zero attached hydrogens (tertiary/aromatic N) is 4. The molecule has 1 N–H and O–H groups in total. The number of piperidine rings is 1. The Morgan fingerprint density at radius 1 is 1.24 bits per heavy atom. The Kier molecular flexibility index (Phi) is 6.05. The van der Waals surface area contributed by atoms with E-state index in [2.05, 4.69) is 26.8 Å². The Balaban J connectivity index is 1.12. The highest BCUT2D eigenvalue weighted by Gasteiger charge is 2.41. The lowest BCUT2D eigenvalue weighted by Gasteiger charge is -2.38. The van der Waals surface area contributed by atoms with Crippen molar-refractivity contribution >= 4 is 40.2 Å². The number of imidazole rings is 1. The molecule has 3 aromatic rings. The van der Waals surface area contributed by atoms with Gasteiger partial charge in [-0.15, -0.1) is 0 Å². The minimum absolute atomic E-state index is 0.0301.